The van der Waals surface area contributed by atoms with Crippen LogP contribution in [0, 0.1) is 0 Å². The highest BCUT2D eigenvalue weighted by atomic mass is 16.7. The van der Waals surface area contributed by atoms with Crippen molar-refractivity contribution in [1.82, 2.24) is 0 Å². The van der Waals surface area contributed by atoms with Crippen molar-refractivity contribution >= 4 is 0 Å². The first-order valence-electron chi connectivity index (χ1n) is 5.72. The van der Waals surface area contributed by atoms with Gasteiger partial charge in [0.15, 0.2) is 11.5 Å². The molecule has 0 unspecified atom stereocenters. The van der Waals surface area contributed by atoms with Gasteiger partial charge < -0.3 is 14.6 Å². The first kappa shape index (κ1) is 11.3. The van der Waals surface area contributed by atoms with Gasteiger partial charge in [0.1, 0.15) is 0 Å². The fourth-order valence-corrected chi connectivity index (χ4v) is 2.12. The van der Waals surface area contributed by atoms with Crippen molar-refractivity contribution in [3.05, 3.63) is 23.8 Å². The summed E-state index contributed by atoms with van der Waals surface area (Å²) in [6.07, 6.45) is 2.44. The van der Waals surface area contributed by atoms with Gasteiger partial charge in [0.05, 0.1) is 5.60 Å². The average Bonchev–Trinajstić information content (AvgIpc) is 2.63. The molecule has 0 aromatic heterocycles. The summed E-state index contributed by atoms with van der Waals surface area (Å²) in [6.45, 7) is 4.25. The van der Waals surface area contributed by atoms with E-state index >= 15 is 0 Å². The van der Waals surface area contributed by atoms with Crippen LogP contribution in [0.1, 0.15) is 32.3 Å². The van der Waals surface area contributed by atoms with Crippen LogP contribution in [0.25, 0.3) is 0 Å². The second-order valence-corrected chi connectivity index (χ2v) is 4.61. The van der Waals surface area contributed by atoms with Crippen molar-refractivity contribution in [1.29, 1.82) is 0 Å². The lowest BCUT2D eigenvalue weighted by Crippen LogP contribution is -2.26. The van der Waals surface area contributed by atoms with Crippen molar-refractivity contribution < 1.29 is 14.6 Å². The van der Waals surface area contributed by atoms with E-state index in [2.05, 4.69) is 6.92 Å². The third-order valence-corrected chi connectivity index (χ3v) is 2.81. The predicted octanol–water partition coefficient (Wildman–Crippen LogP) is 2.51. The lowest BCUT2D eigenvalue weighted by molar-refractivity contribution is 0.0505. The summed E-state index contributed by atoms with van der Waals surface area (Å²) >= 11 is 0. The predicted molar refractivity (Wildman–Crippen MR) is 61.8 cm³/mol. The monoisotopic (exact) mass is 222 g/mol. The van der Waals surface area contributed by atoms with Gasteiger partial charge in [0.25, 0.3) is 0 Å². The van der Waals surface area contributed by atoms with Crippen LogP contribution in [0.2, 0.25) is 0 Å². The molecule has 0 fully saturated rings. The molecule has 2 rings (SSSR count). The molecule has 0 radical (unpaired) electrons. The number of rotatable bonds is 4. The van der Waals surface area contributed by atoms with Crippen molar-refractivity contribution in [2.45, 2.75) is 38.7 Å². The van der Waals surface area contributed by atoms with Gasteiger partial charge in [-0.05, 0) is 31.0 Å². The van der Waals surface area contributed by atoms with Crippen LogP contribution in [-0.4, -0.2) is 17.5 Å². The maximum absolute atomic E-state index is 10.1. The fraction of sp³-hybridized carbons (Fsp3) is 0.538. The SMILES string of the molecule is CCC[C@@](C)(O)Cc1ccc2c(c1)OCO2. The van der Waals surface area contributed by atoms with Crippen LogP contribution in [-0.2, 0) is 6.42 Å². The van der Waals surface area contributed by atoms with E-state index in [-0.39, 0.29) is 0 Å². The zero-order valence-corrected chi connectivity index (χ0v) is 9.82. The van der Waals surface area contributed by atoms with Crippen molar-refractivity contribution in [3.8, 4) is 11.5 Å². The second-order valence-electron chi connectivity index (χ2n) is 4.61. The molecule has 0 spiro atoms. The molecule has 0 bridgehead atoms. The van der Waals surface area contributed by atoms with Gasteiger partial charge in [-0.25, -0.2) is 0 Å². The third kappa shape index (κ3) is 2.47. The molecule has 1 aromatic carbocycles. The van der Waals surface area contributed by atoms with E-state index in [0.29, 0.717) is 13.2 Å². The highest BCUT2D eigenvalue weighted by Crippen LogP contribution is 2.33. The highest BCUT2D eigenvalue weighted by Gasteiger charge is 2.21. The Morgan fingerprint density at radius 3 is 2.81 bits per heavy atom. The topological polar surface area (TPSA) is 38.7 Å². The molecular weight excluding hydrogens is 204 g/mol. The van der Waals surface area contributed by atoms with E-state index < -0.39 is 5.60 Å². The summed E-state index contributed by atoms with van der Waals surface area (Å²) in [7, 11) is 0. The molecule has 0 amide bonds. The Morgan fingerprint density at radius 1 is 1.31 bits per heavy atom. The summed E-state index contributed by atoms with van der Waals surface area (Å²) in [5.74, 6) is 1.57. The number of hydrogen-bond donors (Lipinski definition) is 1. The minimum absolute atomic E-state index is 0.296. The molecule has 3 heteroatoms. The molecule has 1 aliphatic rings. The molecule has 1 atom stereocenters. The summed E-state index contributed by atoms with van der Waals surface area (Å²) < 4.78 is 10.6. The largest absolute Gasteiger partial charge is 0.454 e. The Morgan fingerprint density at radius 2 is 2.06 bits per heavy atom. The average molecular weight is 222 g/mol. The Hall–Kier alpha value is -1.22. The van der Waals surface area contributed by atoms with E-state index in [1.54, 1.807) is 0 Å². The minimum Gasteiger partial charge on any atom is -0.454 e. The van der Waals surface area contributed by atoms with Crippen LogP contribution >= 0.6 is 0 Å². The summed E-state index contributed by atoms with van der Waals surface area (Å²) in [6, 6.07) is 5.84. The van der Waals surface area contributed by atoms with Gasteiger partial charge in [-0.1, -0.05) is 19.4 Å². The van der Waals surface area contributed by atoms with E-state index in [0.717, 1.165) is 29.9 Å². The molecule has 1 N–H and O–H groups in total. The lowest BCUT2D eigenvalue weighted by Gasteiger charge is -2.22. The molecule has 0 aliphatic carbocycles. The Bertz CT molecular complexity index is 371. The van der Waals surface area contributed by atoms with Crippen molar-refractivity contribution in [3.63, 3.8) is 0 Å². The molecule has 0 saturated carbocycles. The molecular formula is C13H18O3. The molecule has 1 aromatic rings. The standard InChI is InChI=1S/C13H18O3/c1-3-6-13(2,14)8-10-4-5-11-12(7-10)16-9-15-11/h4-5,7,14H,3,6,8-9H2,1-2H3/t13-/m1/s1. The van der Waals surface area contributed by atoms with Gasteiger partial charge in [-0.2, -0.15) is 0 Å². The fourth-order valence-electron chi connectivity index (χ4n) is 2.12. The summed E-state index contributed by atoms with van der Waals surface area (Å²) in [4.78, 5) is 0. The van der Waals surface area contributed by atoms with E-state index in [4.69, 9.17) is 9.47 Å². The maximum Gasteiger partial charge on any atom is 0.231 e. The Kier molecular flexibility index (Phi) is 3.06. The van der Waals surface area contributed by atoms with Crippen molar-refractivity contribution in [2.24, 2.45) is 0 Å². The van der Waals surface area contributed by atoms with Gasteiger partial charge in [0.2, 0.25) is 6.79 Å². The van der Waals surface area contributed by atoms with Gasteiger partial charge in [-0.3, -0.25) is 0 Å². The molecule has 1 heterocycles. The molecule has 3 nitrogen and oxygen atoms in total. The molecule has 0 saturated heterocycles. The quantitative estimate of drug-likeness (QED) is 0.850. The number of benzene rings is 1. The van der Waals surface area contributed by atoms with Gasteiger partial charge in [-0.15, -0.1) is 0 Å². The number of ether oxygens (including phenoxy) is 2. The van der Waals surface area contributed by atoms with Gasteiger partial charge in [0, 0.05) is 6.42 Å². The molecule has 16 heavy (non-hydrogen) atoms. The van der Waals surface area contributed by atoms with E-state index in [1.807, 2.05) is 25.1 Å². The molecule has 1 aliphatic heterocycles. The van der Waals surface area contributed by atoms with Crippen LogP contribution in [0.4, 0.5) is 0 Å². The first-order chi connectivity index (χ1) is 7.61. The van der Waals surface area contributed by atoms with Crippen LogP contribution < -0.4 is 9.47 Å². The van der Waals surface area contributed by atoms with E-state index in [1.165, 1.54) is 0 Å². The molecule has 88 valence electrons. The Labute approximate surface area is 96.0 Å². The number of fused-ring (bicyclic) bond motifs is 1. The Balaban J connectivity index is 2.10. The zero-order valence-electron chi connectivity index (χ0n) is 9.82. The van der Waals surface area contributed by atoms with E-state index in [9.17, 15) is 5.11 Å². The van der Waals surface area contributed by atoms with Crippen LogP contribution in [0.5, 0.6) is 11.5 Å². The van der Waals surface area contributed by atoms with Gasteiger partial charge >= 0.3 is 0 Å². The van der Waals surface area contributed by atoms with Crippen LogP contribution in [0.3, 0.4) is 0 Å². The normalized spacial score (nSPS) is 17.2. The second kappa shape index (κ2) is 4.34. The zero-order chi connectivity index (χ0) is 11.6. The summed E-state index contributed by atoms with van der Waals surface area (Å²) in [5, 5.41) is 10.1. The number of aliphatic hydroxyl groups is 1. The smallest absolute Gasteiger partial charge is 0.231 e. The third-order valence-electron chi connectivity index (χ3n) is 2.81. The first-order valence-corrected chi connectivity index (χ1v) is 5.72. The minimum atomic E-state index is -0.636. The number of hydrogen-bond acceptors (Lipinski definition) is 3. The summed E-state index contributed by atoms with van der Waals surface area (Å²) in [5.41, 5.74) is 0.449. The van der Waals surface area contributed by atoms with Crippen molar-refractivity contribution in [2.75, 3.05) is 6.79 Å². The maximum atomic E-state index is 10.1. The van der Waals surface area contributed by atoms with Crippen LogP contribution in [0.15, 0.2) is 18.2 Å². The lowest BCUT2D eigenvalue weighted by atomic mass is 9.92. The highest BCUT2D eigenvalue weighted by molar-refractivity contribution is 5.44.